The van der Waals surface area contributed by atoms with Crippen LogP contribution >= 0.6 is 11.6 Å². The summed E-state index contributed by atoms with van der Waals surface area (Å²) >= 11 is 5.19. The van der Waals surface area contributed by atoms with Gasteiger partial charge in [0.25, 0.3) is 5.56 Å². The predicted octanol–water partition coefficient (Wildman–Crippen LogP) is 1.74. The number of aromatic amines is 1. The Morgan fingerprint density at radius 2 is 1.58 bits per heavy atom. The zero-order chi connectivity index (χ0) is 14.3. The number of benzene rings is 1. The van der Waals surface area contributed by atoms with Crippen LogP contribution < -0.4 is 11.2 Å². The highest BCUT2D eigenvalue weighted by molar-refractivity contribution is 6.29. The van der Waals surface area contributed by atoms with Crippen LogP contribution in [0, 0.1) is 23.3 Å². The fraction of sp³-hybridized carbons (Fsp3) is 0. The monoisotopic (exact) mass is 294 g/mol. The molecule has 0 fully saturated rings. The van der Waals surface area contributed by atoms with Gasteiger partial charge in [-0.3, -0.25) is 9.78 Å². The maximum absolute atomic E-state index is 13.4. The molecular weight excluding hydrogens is 292 g/mol. The molecule has 100 valence electrons. The fourth-order valence-electron chi connectivity index (χ4n) is 1.44. The third-order valence-corrected chi connectivity index (χ3v) is 2.47. The van der Waals surface area contributed by atoms with Crippen LogP contribution in [0.5, 0.6) is 0 Å². The molecule has 0 aliphatic rings. The molecule has 0 unspecified atom stereocenters. The van der Waals surface area contributed by atoms with E-state index < -0.39 is 45.4 Å². The molecule has 4 nitrogen and oxygen atoms in total. The molecule has 0 saturated heterocycles. The second kappa shape index (κ2) is 4.54. The first-order chi connectivity index (χ1) is 8.82. The number of halogens is 5. The molecule has 0 aliphatic heterocycles. The highest BCUT2D eigenvalue weighted by Gasteiger charge is 2.20. The minimum Gasteiger partial charge on any atom is -0.295 e. The van der Waals surface area contributed by atoms with Gasteiger partial charge in [-0.15, -0.1) is 0 Å². The molecule has 19 heavy (non-hydrogen) atoms. The van der Waals surface area contributed by atoms with Crippen LogP contribution in [0.25, 0.3) is 5.69 Å². The summed E-state index contributed by atoms with van der Waals surface area (Å²) in [5, 5.41) is -0.894. The van der Waals surface area contributed by atoms with Crippen molar-refractivity contribution >= 4 is 11.6 Å². The molecule has 0 saturated carbocycles. The smallest absolute Gasteiger partial charge is 0.295 e. The van der Waals surface area contributed by atoms with Gasteiger partial charge in [-0.1, -0.05) is 11.6 Å². The van der Waals surface area contributed by atoms with E-state index in [1.165, 1.54) is 0 Å². The molecule has 2 rings (SSSR count). The van der Waals surface area contributed by atoms with Crippen molar-refractivity contribution in [1.29, 1.82) is 0 Å². The summed E-state index contributed by atoms with van der Waals surface area (Å²) in [4.78, 5) is 24.6. The summed E-state index contributed by atoms with van der Waals surface area (Å²) in [7, 11) is 0. The van der Waals surface area contributed by atoms with Gasteiger partial charge in [-0.25, -0.2) is 22.5 Å². The zero-order valence-electron chi connectivity index (χ0n) is 8.81. The van der Waals surface area contributed by atoms with Gasteiger partial charge in [-0.2, -0.15) is 4.39 Å². The van der Waals surface area contributed by atoms with E-state index in [-0.39, 0.29) is 16.7 Å². The first-order valence-corrected chi connectivity index (χ1v) is 5.06. The maximum atomic E-state index is 13.4. The van der Waals surface area contributed by atoms with E-state index in [4.69, 9.17) is 11.6 Å². The zero-order valence-corrected chi connectivity index (χ0v) is 9.56. The Hall–Kier alpha value is -2.09. The molecule has 0 amide bonds. The molecule has 1 aromatic carbocycles. The van der Waals surface area contributed by atoms with E-state index in [0.29, 0.717) is 0 Å². The lowest BCUT2D eigenvalue weighted by Crippen LogP contribution is -2.37. The number of aromatic nitrogens is 2. The number of rotatable bonds is 1. The van der Waals surface area contributed by atoms with Crippen molar-refractivity contribution in [3.8, 4) is 5.69 Å². The molecule has 0 spiro atoms. The molecule has 0 bridgehead atoms. The lowest BCUT2D eigenvalue weighted by molar-refractivity contribution is 0.521. The minimum absolute atomic E-state index is 0.147. The third-order valence-electron chi connectivity index (χ3n) is 2.21. The van der Waals surface area contributed by atoms with E-state index >= 15 is 0 Å². The number of hydrogen-bond acceptors (Lipinski definition) is 2. The van der Waals surface area contributed by atoms with Gasteiger partial charge >= 0.3 is 5.69 Å². The highest BCUT2D eigenvalue weighted by Crippen LogP contribution is 2.17. The summed E-state index contributed by atoms with van der Waals surface area (Å²) < 4.78 is 52.7. The van der Waals surface area contributed by atoms with E-state index in [1.807, 2.05) is 0 Å². The summed E-state index contributed by atoms with van der Waals surface area (Å²) in [6, 6.07) is 0.494. The van der Waals surface area contributed by atoms with Crippen molar-refractivity contribution in [1.82, 2.24) is 9.55 Å². The lowest BCUT2D eigenvalue weighted by atomic mass is 10.2. The molecular formula is C10H3ClF4N2O2. The van der Waals surface area contributed by atoms with Crippen molar-refractivity contribution in [3.05, 3.63) is 61.4 Å². The Bertz CT molecular complexity index is 761. The van der Waals surface area contributed by atoms with Crippen LogP contribution in [0.2, 0.25) is 5.15 Å². The van der Waals surface area contributed by atoms with Crippen molar-refractivity contribution < 1.29 is 17.6 Å². The second-order valence-corrected chi connectivity index (χ2v) is 3.79. The largest absolute Gasteiger partial charge is 0.334 e. The average molecular weight is 295 g/mol. The SMILES string of the molecule is O=c1[nH]c(Cl)c(F)c(=O)n1-c1c(F)cc(F)cc1F. The number of nitrogens with zero attached hydrogens (tertiary/aromatic N) is 1. The highest BCUT2D eigenvalue weighted by atomic mass is 35.5. The van der Waals surface area contributed by atoms with Crippen LogP contribution in [0.3, 0.4) is 0 Å². The summed E-state index contributed by atoms with van der Waals surface area (Å²) in [5.74, 6) is -5.92. The molecule has 1 aromatic heterocycles. The Morgan fingerprint density at radius 1 is 1.05 bits per heavy atom. The van der Waals surface area contributed by atoms with E-state index in [0.717, 1.165) is 0 Å². The predicted molar refractivity (Wildman–Crippen MR) is 57.5 cm³/mol. The van der Waals surface area contributed by atoms with Crippen molar-refractivity contribution in [2.24, 2.45) is 0 Å². The number of H-pyrrole nitrogens is 1. The van der Waals surface area contributed by atoms with E-state index in [1.54, 1.807) is 4.98 Å². The number of hydrogen-bond donors (Lipinski definition) is 1. The standard InChI is InChI=1S/C10H3ClF4N2O2/c11-8-6(15)9(18)17(10(19)16-8)7-4(13)1-3(12)2-5(7)14/h1-2H,(H,16,19). The average Bonchev–Trinajstić information content (AvgIpc) is 2.29. The summed E-state index contributed by atoms with van der Waals surface area (Å²) in [6.07, 6.45) is 0. The van der Waals surface area contributed by atoms with E-state index in [9.17, 15) is 27.2 Å². The van der Waals surface area contributed by atoms with Crippen molar-refractivity contribution in [3.63, 3.8) is 0 Å². The van der Waals surface area contributed by atoms with E-state index in [2.05, 4.69) is 0 Å². The van der Waals surface area contributed by atoms with Gasteiger partial charge in [0, 0.05) is 12.1 Å². The Morgan fingerprint density at radius 3 is 2.11 bits per heavy atom. The summed E-state index contributed by atoms with van der Waals surface area (Å²) in [5.41, 5.74) is -4.21. The summed E-state index contributed by atoms with van der Waals surface area (Å²) in [6.45, 7) is 0. The van der Waals surface area contributed by atoms with Crippen molar-refractivity contribution in [2.45, 2.75) is 0 Å². The van der Waals surface area contributed by atoms with Gasteiger partial charge in [0.2, 0.25) is 5.82 Å². The molecule has 0 atom stereocenters. The van der Waals surface area contributed by atoms with Crippen LogP contribution in [-0.4, -0.2) is 9.55 Å². The number of nitrogens with one attached hydrogen (secondary N) is 1. The van der Waals surface area contributed by atoms with Crippen molar-refractivity contribution in [2.75, 3.05) is 0 Å². The quantitative estimate of drug-likeness (QED) is 0.643. The van der Waals surface area contributed by atoms with Gasteiger partial charge in [0.1, 0.15) is 11.5 Å². The maximum Gasteiger partial charge on any atom is 0.334 e. The first kappa shape index (κ1) is 13.3. The van der Waals surface area contributed by atoms with Crippen LogP contribution in [0.15, 0.2) is 21.7 Å². The minimum atomic E-state index is -1.65. The Balaban J connectivity index is 2.93. The normalized spacial score (nSPS) is 10.8. The molecule has 0 radical (unpaired) electrons. The Labute approximate surface area is 106 Å². The first-order valence-electron chi connectivity index (χ1n) is 4.68. The third kappa shape index (κ3) is 2.14. The molecule has 1 N–H and O–H groups in total. The fourth-order valence-corrected chi connectivity index (χ4v) is 1.60. The van der Waals surface area contributed by atoms with Gasteiger partial charge < -0.3 is 0 Å². The molecule has 0 aliphatic carbocycles. The topological polar surface area (TPSA) is 54.9 Å². The van der Waals surface area contributed by atoms with Crippen LogP contribution in [0.1, 0.15) is 0 Å². The van der Waals surface area contributed by atoms with Crippen LogP contribution in [-0.2, 0) is 0 Å². The van der Waals surface area contributed by atoms with Gasteiger partial charge in [-0.05, 0) is 0 Å². The van der Waals surface area contributed by atoms with Gasteiger partial charge in [0.05, 0.1) is 0 Å². The molecule has 1 heterocycles. The second-order valence-electron chi connectivity index (χ2n) is 3.42. The molecule has 2 aromatic rings. The molecule has 9 heteroatoms. The van der Waals surface area contributed by atoms with Gasteiger partial charge in [0.15, 0.2) is 16.8 Å². The lowest BCUT2D eigenvalue weighted by Gasteiger charge is -2.07. The van der Waals surface area contributed by atoms with Crippen LogP contribution in [0.4, 0.5) is 17.6 Å². The Kier molecular flexibility index (Phi) is 3.19.